The fraction of sp³-hybridized carbons (Fsp3) is 0.318. The highest BCUT2D eigenvalue weighted by atomic mass is 16.5. The summed E-state index contributed by atoms with van der Waals surface area (Å²) in [5.41, 5.74) is 7.42. The van der Waals surface area contributed by atoms with E-state index >= 15 is 0 Å². The summed E-state index contributed by atoms with van der Waals surface area (Å²) in [5, 5.41) is 1.07. The highest BCUT2D eigenvalue weighted by molar-refractivity contribution is 6.03. The van der Waals surface area contributed by atoms with Gasteiger partial charge in [-0.1, -0.05) is 45.0 Å². The van der Waals surface area contributed by atoms with E-state index in [1.807, 2.05) is 12.1 Å². The van der Waals surface area contributed by atoms with Gasteiger partial charge in [-0.05, 0) is 48.1 Å². The zero-order valence-electron chi connectivity index (χ0n) is 15.8. The van der Waals surface area contributed by atoms with Gasteiger partial charge >= 0.3 is 5.97 Å². The Morgan fingerprint density at radius 2 is 1.68 bits per heavy atom. The van der Waals surface area contributed by atoms with Crippen LogP contribution >= 0.6 is 0 Å². The predicted octanol–water partition coefficient (Wildman–Crippen LogP) is 5.54. The summed E-state index contributed by atoms with van der Waals surface area (Å²) in [7, 11) is 1.42. The van der Waals surface area contributed by atoms with Crippen molar-refractivity contribution in [3.63, 3.8) is 0 Å². The summed E-state index contributed by atoms with van der Waals surface area (Å²) in [6.07, 6.45) is 0. The van der Waals surface area contributed by atoms with Crippen LogP contribution < -0.4 is 0 Å². The maximum Gasteiger partial charge on any atom is 0.337 e. The van der Waals surface area contributed by atoms with Crippen molar-refractivity contribution in [2.24, 2.45) is 0 Å². The smallest absolute Gasteiger partial charge is 0.337 e. The number of hydrogen-bond acceptors (Lipinski definition) is 2. The van der Waals surface area contributed by atoms with E-state index in [1.165, 1.54) is 12.7 Å². The molecule has 0 aliphatic rings. The number of benzene rings is 2. The number of nitrogens with one attached hydrogen (secondary N) is 1. The lowest BCUT2D eigenvalue weighted by molar-refractivity contribution is 0.0601. The Balaban J connectivity index is 2.23. The number of esters is 1. The van der Waals surface area contributed by atoms with Gasteiger partial charge in [0.2, 0.25) is 0 Å². The number of rotatable bonds is 2. The Morgan fingerprint density at radius 1 is 1.04 bits per heavy atom. The van der Waals surface area contributed by atoms with Crippen molar-refractivity contribution in [1.82, 2.24) is 4.98 Å². The van der Waals surface area contributed by atoms with Crippen molar-refractivity contribution < 1.29 is 9.53 Å². The van der Waals surface area contributed by atoms with Crippen molar-refractivity contribution in [3.8, 4) is 11.1 Å². The number of aromatic nitrogens is 1. The number of carbonyl (C=O) groups excluding carboxylic acids is 1. The number of H-pyrrole nitrogens is 1. The van der Waals surface area contributed by atoms with Gasteiger partial charge in [-0.15, -0.1) is 0 Å². The molecule has 3 nitrogen and oxygen atoms in total. The van der Waals surface area contributed by atoms with Crippen LogP contribution in [0.4, 0.5) is 0 Å². The first-order chi connectivity index (χ1) is 11.7. The Bertz CT molecular complexity index is 941. The van der Waals surface area contributed by atoms with Gasteiger partial charge in [0.25, 0.3) is 0 Å². The molecule has 0 unspecified atom stereocenters. The number of carbonyl (C=O) groups is 1. The number of aromatic amines is 1. The zero-order valence-corrected chi connectivity index (χ0v) is 15.8. The number of fused-ring (bicyclic) bond motifs is 1. The lowest BCUT2D eigenvalue weighted by Gasteiger charge is -2.19. The van der Waals surface area contributed by atoms with E-state index in [9.17, 15) is 4.79 Å². The van der Waals surface area contributed by atoms with Crippen LogP contribution in [0.1, 0.15) is 48.0 Å². The second-order valence-electron chi connectivity index (χ2n) is 7.64. The Kier molecular flexibility index (Phi) is 4.19. The molecule has 1 N–H and O–H groups in total. The normalized spacial score (nSPS) is 11.8. The molecule has 0 atom stereocenters. The van der Waals surface area contributed by atoms with Crippen LogP contribution in [-0.2, 0) is 10.2 Å². The molecule has 130 valence electrons. The topological polar surface area (TPSA) is 42.1 Å². The van der Waals surface area contributed by atoms with Gasteiger partial charge in [0, 0.05) is 16.6 Å². The Labute approximate surface area is 149 Å². The number of methoxy groups -OCH3 is 1. The van der Waals surface area contributed by atoms with Gasteiger partial charge in [0.05, 0.1) is 18.2 Å². The van der Waals surface area contributed by atoms with Crippen LogP contribution in [0.2, 0.25) is 0 Å². The highest BCUT2D eigenvalue weighted by Gasteiger charge is 2.17. The van der Waals surface area contributed by atoms with E-state index in [-0.39, 0.29) is 11.4 Å². The molecular weight excluding hydrogens is 310 g/mol. The van der Waals surface area contributed by atoms with E-state index in [0.29, 0.717) is 5.56 Å². The minimum atomic E-state index is -0.312. The molecule has 0 spiro atoms. The second-order valence-corrected chi connectivity index (χ2v) is 7.64. The molecule has 0 saturated heterocycles. The molecule has 2 aromatic carbocycles. The molecule has 3 aromatic rings. The number of ether oxygens (including phenoxy) is 1. The lowest BCUT2D eigenvalue weighted by atomic mass is 9.86. The largest absolute Gasteiger partial charge is 0.465 e. The third-order valence-corrected chi connectivity index (χ3v) is 4.90. The third kappa shape index (κ3) is 3.07. The minimum absolute atomic E-state index is 0.112. The summed E-state index contributed by atoms with van der Waals surface area (Å²) < 4.78 is 4.94. The average Bonchev–Trinajstić information content (AvgIpc) is 2.87. The monoisotopic (exact) mass is 335 g/mol. The van der Waals surface area contributed by atoms with Crippen LogP contribution in [0.25, 0.3) is 22.0 Å². The number of aryl methyl sites for hydroxylation is 2. The fourth-order valence-corrected chi connectivity index (χ4v) is 3.17. The van der Waals surface area contributed by atoms with Gasteiger partial charge in [-0.3, -0.25) is 0 Å². The number of hydrogen-bond donors (Lipinski definition) is 1. The van der Waals surface area contributed by atoms with E-state index in [1.54, 1.807) is 0 Å². The first-order valence-corrected chi connectivity index (χ1v) is 8.54. The minimum Gasteiger partial charge on any atom is -0.465 e. The SMILES string of the molecule is COC(=O)c1cc(-c2ccc(C(C)(C)C)cc2)c2[nH]c(C)c(C)c2c1. The van der Waals surface area contributed by atoms with Crippen molar-refractivity contribution >= 4 is 16.9 Å². The van der Waals surface area contributed by atoms with Crippen LogP contribution in [0.3, 0.4) is 0 Å². The molecule has 3 heteroatoms. The molecule has 0 bridgehead atoms. The predicted molar refractivity (Wildman–Crippen MR) is 103 cm³/mol. The third-order valence-electron chi connectivity index (χ3n) is 4.90. The molecule has 0 aliphatic carbocycles. The summed E-state index contributed by atoms with van der Waals surface area (Å²) >= 11 is 0. The molecule has 3 rings (SSSR count). The van der Waals surface area contributed by atoms with Gasteiger partial charge < -0.3 is 9.72 Å². The van der Waals surface area contributed by atoms with Crippen LogP contribution in [0, 0.1) is 13.8 Å². The van der Waals surface area contributed by atoms with E-state index in [4.69, 9.17) is 4.74 Å². The lowest BCUT2D eigenvalue weighted by Crippen LogP contribution is -2.10. The summed E-state index contributed by atoms with van der Waals surface area (Å²) in [6.45, 7) is 10.7. The van der Waals surface area contributed by atoms with Gasteiger partial charge in [-0.25, -0.2) is 4.79 Å². The first kappa shape index (κ1) is 17.3. The van der Waals surface area contributed by atoms with Crippen LogP contribution in [0.15, 0.2) is 36.4 Å². The van der Waals surface area contributed by atoms with E-state index in [2.05, 4.69) is 63.9 Å². The maximum atomic E-state index is 12.1. The van der Waals surface area contributed by atoms with Crippen molar-refractivity contribution in [1.29, 1.82) is 0 Å². The summed E-state index contributed by atoms with van der Waals surface area (Å²) in [4.78, 5) is 15.6. The Hall–Kier alpha value is -2.55. The highest BCUT2D eigenvalue weighted by Crippen LogP contribution is 2.34. The van der Waals surface area contributed by atoms with Gasteiger partial charge in [0.15, 0.2) is 0 Å². The van der Waals surface area contributed by atoms with Gasteiger partial charge in [0.1, 0.15) is 0 Å². The average molecular weight is 335 g/mol. The molecule has 1 aromatic heterocycles. The second kappa shape index (κ2) is 6.07. The summed E-state index contributed by atoms with van der Waals surface area (Å²) in [6, 6.07) is 12.4. The zero-order chi connectivity index (χ0) is 18.4. The quantitative estimate of drug-likeness (QED) is 0.625. The van der Waals surface area contributed by atoms with Gasteiger partial charge in [-0.2, -0.15) is 0 Å². The molecule has 25 heavy (non-hydrogen) atoms. The molecule has 0 aliphatic heterocycles. The van der Waals surface area contributed by atoms with Crippen molar-refractivity contribution in [3.05, 3.63) is 58.8 Å². The summed E-state index contributed by atoms with van der Waals surface area (Å²) in [5.74, 6) is -0.312. The van der Waals surface area contributed by atoms with E-state index in [0.717, 1.165) is 33.3 Å². The molecule has 1 heterocycles. The maximum absolute atomic E-state index is 12.1. The Morgan fingerprint density at radius 3 is 2.24 bits per heavy atom. The van der Waals surface area contributed by atoms with Crippen molar-refractivity contribution in [2.75, 3.05) is 7.11 Å². The molecule has 0 amide bonds. The van der Waals surface area contributed by atoms with Crippen LogP contribution in [0.5, 0.6) is 0 Å². The standard InChI is InChI=1S/C22H25NO2/c1-13-14(2)23-20-18(13)11-16(21(24)25-6)12-19(20)15-7-9-17(10-8-15)22(3,4)5/h7-12,23H,1-6H3. The molecule has 0 fully saturated rings. The molecule has 0 radical (unpaired) electrons. The van der Waals surface area contributed by atoms with Crippen molar-refractivity contribution in [2.45, 2.75) is 40.0 Å². The first-order valence-electron chi connectivity index (χ1n) is 8.54. The van der Waals surface area contributed by atoms with Crippen LogP contribution in [-0.4, -0.2) is 18.1 Å². The molecule has 0 saturated carbocycles. The van der Waals surface area contributed by atoms with E-state index < -0.39 is 0 Å². The fourth-order valence-electron chi connectivity index (χ4n) is 3.17. The molecular formula is C22H25NO2.